The summed E-state index contributed by atoms with van der Waals surface area (Å²) in [5.41, 5.74) is 6.84. The highest BCUT2D eigenvalue weighted by atomic mass is 16.3. The first kappa shape index (κ1) is 10.8. The Labute approximate surface area is 94.5 Å². The van der Waals surface area contributed by atoms with Crippen LogP contribution in [0, 0.1) is 5.92 Å². The van der Waals surface area contributed by atoms with Gasteiger partial charge in [-0.15, -0.1) is 0 Å². The second-order valence-electron chi connectivity index (χ2n) is 4.31. The van der Waals surface area contributed by atoms with Gasteiger partial charge < -0.3 is 16.2 Å². The number of carbonyl (C=O) groups is 1. The first-order valence-corrected chi connectivity index (χ1v) is 5.49. The summed E-state index contributed by atoms with van der Waals surface area (Å²) in [5.74, 6) is 0.791. The van der Waals surface area contributed by atoms with Gasteiger partial charge in [0.2, 0.25) is 5.91 Å². The second-order valence-corrected chi connectivity index (χ2v) is 4.31. The van der Waals surface area contributed by atoms with Crippen molar-refractivity contribution in [2.24, 2.45) is 5.92 Å². The average Bonchev–Trinajstić information content (AvgIpc) is 3.03. The molecule has 1 amide bonds. The molecule has 4 N–H and O–H groups in total. The monoisotopic (exact) mass is 220 g/mol. The number of nitrogens with two attached hydrogens (primary N) is 1. The Morgan fingerprint density at radius 2 is 2.25 bits per heavy atom. The van der Waals surface area contributed by atoms with Crippen LogP contribution in [0.1, 0.15) is 24.8 Å². The van der Waals surface area contributed by atoms with Crippen LogP contribution in [-0.2, 0) is 11.3 Å². The summed E-state index contributed by atoms with van der Waals surface area (Å²) >= 11 is 0. The first-order chi connectivity index (χ1) is 7.65. The molecule has 0 heterocycles. The van der Waals surface area contributed by atoms with Gasteiger partial charge in [-0.2, -0.15) is 0 Å². The number of nitrogens with one attached hydrogen (secondary N) is 1. The minimum atomic E-state index is 0.0457. The summed E-state index contributed by atoms with van der Waals surface area (Å²) in [7, 11) is 0. The first-order valence-electron chi connectivity index (χ1n) is 5.49. The fourth-order valence-electron chi connectivity index (χ4n) is 1.60. The summed E-state index contributed by atoms with van der Waals surface area (Å²) < 4.78 is 0. The smallest absolute Gasteiger partial charge is 0.220 e. The van der Waals surface area contributed by atoms with Crippen LogP contribution in [0.5, 0.6) is 5.75 Å². The molecule has 1 aliphatic rings. The summed E-state index contributed by atoms with van der Waals surface area (Å²) in [5, 5.41) is 12.3. The lowest BCUT2D eigenvalue weighted by Gasteiger charge is -2.07. The van der Waals surface area contributed by atoms with Crippen molar-refractivity contribution >= 4 is 11.6 Å². The number of hydrogen-bond donors (Lipinski definition) is 3. The Bertz CT molecular complexity index is 400. The molecule has 0 saturated heterocycles. The van der Waals surface area contributed by atoms with Crippen LogP contribution in [0.2, 0.25) is 0 Å². The van der Waals surface area contributed by atoms with E-state index in [1.165, 1.54) is 6.07 Å². The number of aromatic hydroxyl groups is 1. The van der Waals surface area contributed by atoms with E-state index in [0.29, 0.717) is 30.1 Å². The van der Waals surface area contributed by atoms with E-state index in [-0.39, 0.29) is 11.7 Å². The zero-order valence-electron chi connectivity index (χ0n) is 9.07. The predicted octanol–water partition coefficient (Wildman–Crippen LogP) is 1.39. The SMILES string of the molecule is Nc1ccc(O)c(CNC(=O)CC2CC2)c1. The van der Waals surface area contributed by atoms with Gasteiger partial charge in [0.25, 0.3) is 0 Å². The maximum Gasteiger partial charge on any atom is 0.220 e. The molecule has 86 valence electrons. The molecular formula is C12H16N2O2. The van der Waals surface area contributed by atoms with E-state index in [4.69, 9.17) is 5.73 Å². The molecular weight excluding hydrogens is 204 g/mol. The molecule has 2 rings (SSSR count). The van der Waals surface area contributed by atoms with Crippen molar-refractivity contribution in [2.45, 2.75) is 25.8 Å². The molecule has 0 radical (unpaired) electrons. The third kappa shape index (κ3) is 2.89. The van der Waals surface area contributed by atoms with Crippen LogP contribution in [0.25, 0.3) is 0 Å². The molecule has 0 aliphatic heterocycles. The molecule has 1 fully saturated rings. The van der Waals surface area contributed by atoms with Crippen molar-refractivity contribution in [3.8, 4) is 5.75 Å². The summed E-state index contributed by atoms with van der Waals surface area (Å²) in [4.78, 5) is 11.4. The molecule has 1 saturated carbocycles. The average molecular weight is 220 g/mol. The molecule has 1 aliphatic carbocycles. The van der Waals surface area contributed by atoms with Crippen molar-refractivity contribution < 1.29 is 9.90 Å². The van der Waals surface area contributed by atoms with E-state index in [0.717, 1.165) is 12.8 Å². The highest BCUT2D eigenvalue weighted by molar-refractivity contribution is 5.76. The Hall–Kier alpha value is -1.71. The molecule has 0 spiro atoms. The number of amides is 1. The molecule has 4 nitrogen and oxygen atoms in total. The molecule has 0 unspecified atom stereocenters. The normalized spacial score (nSPS) is 14.8. The number of phenolic OH excluding ortho intramolecular Hbond substituents is 1. The lowest BCUT2D eigenvalue weighted by Crippen LogP contribution is -2.22. The Morgan fingerprint density at radius 1 is 1.50 bits per heavy atom. The maximum absolute atomic E-state index is 11.4. The minimum Gasteiger partial charge on any atom is -0.508 e. The third-order valence-electron chi connectivity index (χ3n) is 2.75. The van der Waals surface area contributed by atoms with E-state index >= 15 is 0 Å². The largest absolute Gasteiger partial charge is 0.508 e. The van der Waals surface area contributed by atoms with Crippen LogP contribution >= 0.6 is 0 Å². The van der Waals surface area contributed by atoms with Gasteiger partial charge >= 0.3 is 0 Å². The second kappa shape index (κ2) is 4.43. The van der Waals surface area contributed by atoms with Gasteiger partial charge in [0.1, 0.15) is 5.75 Å². The Balaban J connectivity index is 1.87. The van der Waals surface area contributed by atoms with Gasteiger partial charge in [-0.3, -0.25) is 4.79 Å². The van der Waals surface area contributed by atoms with E-state index in [9.17, 15) is 9.90 Å². The minimum absolute atomic E-state index is 0.0457. The highest BCUT2D eigenvalue weighted by Crippen LogP contribution is 2.32. The zero-order chi connectivity index (χ0) is 11.5. The van der Waals surface area contributed by atoms with Crippen molar-refractivity contribution in [1.82, 2.24) is 5.32 Å². The van der Waals surface area contributed by atoms with Gasteiger partial charge in [-0.05, 0) is 37.0 Å². The molecule has 0 aromatic heterocycles. The third-order valence-corrected chi connectivity index (χ3v) is 2.75. The lowest BCUT2D eigenvalue weighted by atomic mass is 10.1. The van der Waals surface area contributed by atoms with Gasteiger partial charge in [0.15, 0.2) is 0 Å². The fourth-order valence-corrected chi connectivity index (χ4v) is 1.60. The van der Waals surface area contributed by atoms with E-state index in [2.05, 4.69) is 5.32 Å². The van der Waals surface area contributed by atoms with Crippen molar-refractivity contribution in [2.75, 3.05) is 5.73 Å². The number of rotatable bonds is 4. The van der Waals surface area contributed by atoms with E-state index in [1.807, 2.05) is 0 Å². The van der Waals surface area contributed by atoms with Gasteiger partial charge in [-0.25, -0.2) is 0 Å². The summed E-state index contributed by atoms with van der Waals surface area (Å²) in [6.07, 6.45) is 2.93. The van der Waals surface area contributed by atoms with Crippen LogP contribution in [0.4, 0.5) is 5.69 Å². The molecule has 4 heteroatoms. The van der Waals surface area contributed by atoms with Gasteiger partial charge in [0.05, 0.1) is 0 Å². The topological polar surface area (TPSA) is 75.3 Å². The number of anilines is 1. The molecule has 0 atom stereocenters. The van der Waals surface area contributed by atoms with Crippen molar-refractivity contribution in [1.29, 1.82) is 0 Å². The van der Waals surface area contributed by atoms with Crippen LogP contribution in [-0.4, -0.2) is 11.0 Å². The quantitative estimate of drug-likeness (QED) is 0.530. The molecule has 1 aromatic rings. The van der Waals surface area contributed by atoms with E-state index in [1.54, 1.807) is 12.1 Å². The Kier molecular flexibility index (Phi) is 2.99. The standard InChI is InChI=1S/C12H16N2O2/c13-10-3-4-11(15)9(6-10)7-14-12(16)5-8-1-2-8/h3-4,6,8,15H,1-2,5,7,13H2,(H,14,16). The number of hydrogen-bond acceptors (Lipinski definition) is 3. The number of phenols is 1. The maximum atomic E-state index is 11.4. The summed E-state index contributed by atoms with van der Waals surface area (Å²) in [6.45, 7) is 0.336. The van der Waals surface area contributed by atoms with E-state index < -0.39 is 0 Å². The molecule has 1 aromatic carbocycles. The van der Waals surface area contributed by atoms with Crippen molar-refractivity contribution in [3.63, 3.8) is 0 Å². The highest BCUT2D eigenvalue weighted by Gasteiger charge is 2.24. The van der Waals surface area contributed by atoms with Crippen LogP contribution in [0.15, 0.2) is 18.2 Å². The number of nitrogen functional groups attached to an aromatic ring is 1. The van der Waals surface area contributed by atoms with Crippen LogP contribution in [0.3, 0.4) is 0 Å². The van der Waals surface area contributed by atoms with Crippen LogP contribution < -0.4 is 11.1 Å². The Morgan fingerprint density at radius 3 is 2.94 bits per heavy atom. The number of benzene rings is 1. The lowest BCUT2D eigenvalue weighted by molar-refractivity contribution is -0.121. The van der Waals surface area contributed by atoms with Gasteiger partial charge in [-0.1, -0.05) is 0 Å². The predicted molar refractivity (Wildman–Crippen MR) is 61.7 cm³/mol. The fraction of sp³-hybridized carbons (Fsp3) is 0.417. The molecule has 0 bridgehead atoms. The van der Waals surface area contributed by atoms with Crippen molar-refractivity contribution in [3.05, 3.63) is 23.8 Å². The van der Waals surface area contributed by atoms with Gasteiger partial charge in [0, 0.05) is 24.2 Å². The zero-order valence-corrected chi connectivity index (χ0v) is 9.07. The number of carbonyl (C=O) groups excluding carboxylic acids is 1. The molecule has 16 heavy (non-hydrogen) atoms. The summed E-state index contributed by atoms with van der Waals surface area (Å²) in [6, 6.07) is 4.84.